The lowest BCUT2D eigenvalue weighted by Gasteiger charge is -2.63. The van der Waals surface area contributed by atoms with E-state index in [9.17, 15) is 4.79 Å². The Morgan fingerprint density at radius 1 is 1.21 bits per heavy atom. The summed E-state index contributed by atoms with van der Waals surface area (Å²) in [6, 6.07) is 10.3. The van der Waals surface area contributed by atoms with Gasteiger partial charge in [0.05, 0.1) is 5.92 Å². The predicted octanol–water partition coefficient (Wildman–Crippen LogP) is 2.12. The Morgan fingerprint density at radius 3 is 2.36 bits per heavy atom. The molecule has 0 aliphatic heterocycles. The summed E-state index contributed by atoms with van der Waals surface area (Å²) >= 11 is 0. The summed E-state index contributed by atoms with van der Waals surface area (Å²) in [5.74, 6) is 0.732. The Kier molecular flexibility index (Phi) is 1.49. The molecule has 2 atom stereocenters. The van der Waals surface area contributed by atoms with Gasteiger partial charge in [-0.25, -0.2) is 0 Å². The first-order valence-electron chi connectivity index (χ1n) is 5.07. The first-order chi connectivity index (χ1) is 6.79. The average molecular weight is 188 g/mol. The Bertz CT molecular complexity index is 361. The third-order valence-corrected chi connectivity index (χ3v) is 3.86. The molecule has 3 aliphatic rings. The molecule has 1 aromatic rings. The van der Waals surface area contributed by atoms with E-state index in [4.69, 9.17) is 5.11 Å². The highest BCUT2D eigenvalue weighted by Gasteiger charge is 2.64. The van der Waals surface area contributed by atoms with Gasteiger partial charge in [-0.05, 0) is 29.7 Å². The Hall–Kier alpha value is -1.31. The third kappa shape index (κ3) is 0.834. The maximum atomic E-state index is 10.8. The van der Waals surface area contributed by atoms with Gasteiger partial charge >= 0.3 is 5.97 Å². The van der Waals surface area contributed by atoms with Crippen molar-refractivity contribution >= 4 is 5.97 Å². The van der Waals surface area contributed by atoms with Crippen LogP contribution in [0.2, 0.25) is 0 Å². The minimum Gasteiger partial charge on any atom is -0.481 e. The van der Waals surface area contributed by atoms with E-state index >= 15 is 0 Å². The van der Waals surface area contributed by atoms with Gasteiger partial charge in [-0.15, -0.1) is 0 Å². The summed E-state index contributed by atoms with van der Waals surface area (Å²) in [5, 5.41) is 8.90. The summed E-state index contributed by atoms with van der Waals surface area (Å²) in [6.45, 7) is 0. The fourth-order valence-corrected chi connectivity index (χ4v) is 2.98. The molecule has 0 amide bonds. The van der Waals surface area contributed by atoms with Gasteiger partial charge in [-0.1, -0.05) is 30.3 Å². The lowest BCUT2D eigenvalue weighted by molar-refractivity contribution is -0.178. The molecule has 0 spiro atoms. The van der Waals surface area contributed by atoms with Crippen molar-refractivity contribution in [2.75, 3.05) is 0 Å². The molecule has 0 saturated heterocycles. The smallest absolute Gasteiger partial charge is 0.307 e. The molecule has 2 heteroatoms. The van der Waals surface area contributed by atoms with Crippen LogP contribution in [0.25, 0.3) is 0 Å². The van der Waals surface area contributed by atoms with Crippen LogP contribution in [0.3, 0.4) is 0 Å². The number of benzene rings is 1. The Balaban J connectivity index is 1.79. The van der Waals surface area contributed by atoms with Crippen LogP contribution in [0.1, 0.15) is 17.9 Å². The van der Waals surface area contributed by atoms with E-state index in [2.05, 4.69) is 12.1 Å². The van der Waals surface area contributed by atoms with E-state index in [1.807, 2.05) is 18.2 Å². The molecule has 0 aromatic heterocycles. The molecule has 1 aromatic carbocycles. The molecule has 72 valence electrons. The van der Waals surface area contributed by atoms with Gasteiger partial charge < -0.3 is 5.11 Å². The largest absolute Gasteiger partial charge is 0.481 e. The van der Waals surface area contributed by atoms with Crippen LogP contribution in [0.4, 0.5) is 0 Å². The van der Waals surface area contributed by atoms with Crippen molar-refractivity contribution in [2.45, 2.75) is 12.3 Å². The topological polar surface area (TPSA) is 37.3 Å². The summed E-state index contributed by atoms with van der Waals surface area (Å²) in [7, 11) is 0. The van der Waals surface area contributed by atoms with E-state index < -0.39 is 5.97 Å². The van der Waals surface area contributed by atoms with Crippen molar-refractivity contribution in [1.29, 1.82) is 0 Å². The lowest BCUT2D eigenvalue weighted by atomic mass is 9.40. The first kappa shape index (κ1) is 8.04. The maximum Gasteiger partial charge on any atom is 0.307 e. The summed E-state index contributed by atoms with van der Waals surface area (Å²) in [6.07, 6.45) is 1.12. The van der Waals surface area contributed by atoms with E-state index in [0.29, 0.717) is 17.8 Å². The number of carboxylic acids is 1. The standard InChI is InChI=1S/C12H12O2/c13-12(14)11-8-6-9(11)10(8)7-4-2-1-3-5-7/h1-5,8-11H,6H2,(H,13,14). The first-order valence-corrected chi connectivity index (χ1v) is 5.07. The number of carbonyl (C=O) groups is 1. The van der Waals surface area contributed by atoms with Crippen molar-refractivity contribution in [3.63, 3.8) is 0 Å². The van der Waals surface area contributed by atoms with Crippen LogP contribution < -0.4 is 0 Å². The normalized spacial score (nSPS) is 38.3. The van der Waals surface area contributed by atoms with Gasteiger partial charge in [-0.2, -0.15) is 0 Å². The van der Waals surface area contributed by atoms with Crippen LogP contribution in [0, 0.1) is 17.8 Å². The van der Waals surface area contributed by atoms with Gasteiger partial charge in [0.15, 0.2) is 0 Å². The van der Waals surface area contributed by atoms with Gasteiger partial charge in [0, 0.05) is 0 Å². The van der Waals surface area contributed by atoms with E-state index in [-0.39, 0.29) is 5.92 Å². The van der Waals surface area contributed by atoms with E-state index in [0.717, 1.165) is 6.42 Å². The zero-order valence-corrected chi connectivity index (χ0v) is 7.76. The summed E-state index contributed by atoms with van der Waals surface area (Å²) in [4.78, 5) is 10.8. The molecule has 0 radical (unpaired) electrons. The van der Waals surface area contributed by atoms with Crippen LogP contribution in [-0.2, 0) is 4.79 Å². The van der Waals surface area contributed by atoms with Crippen molar-refractivity contribution in [3.8, 4) is 0 Å². The number of hydrogen-bond acceptors (Lipinski definition) is 1. The van der Waals surface area contributed by atoms with Crippen LogP contribution >= 0.6 is 0 Å². The summed E-state index contributed by atoms with van der Waals surface area (Å²) in [5.41, 5.74) is 1.33. The molecule has 0 heterocycles. The predicted molar refractivity (Wildman–Crippen MR) is 51.9 cm³/mol. The molecule has 3 saturated carbocycles. The molecule has 2 bridgehead atoms. The summed E-state index contributed by atoms with van der Waals surface area (Å²) < 4.78 is 0. The molecular formula is C12H12O2. The van der Waals surface area contributed by atoms with Gasteiger partial charge in [0.1, 0.15) is 0 Å². The van der Waals surface area contributed by atoms with Crippen molar-refractivity contribution in [2.24, 2.45) is 17.8 Å². The Labute approximate surface area is 82.6 Å². The lowest BCUT2D eigenvalue weighted by Crippen LogP contribution is -2.60. The maximum absolute atomic E-state index is 10.8. The van der Waals surface area contributed by atoms with Crippen LogP contribution in [0.5, 0.6) is 0 Å². The number of rotatable bonds is 2. The van der Waals surface area contributed by atoms with Crippen molar-refractivity contribution < 1.29 is 9.90 Å². The molecule has 4 rings (SSSR count). The second kappa shape index (κ2) is 2.59. The molecule has 1 N–H and O–H groups in total. The van der Waals surface area contributed by atoms with E-state index in [1.54, 1.807) is 0 Å². The second-order valence-electron chi connectivity index (χ2n) is 4.36. The Morgan fingerprint density at radius 2 is 1.86 bits per heavy atom. The van der Waals surface area contributed by atoms with Crippen LogP contribution in [-0.4, -0.2) is 11.1 Å². The highest BCUT2D eigenvalue weighted by molar-refractivity contribution is 5.74. The molecular weight excluding hydrogens is 176 g/mol. The molecule has 3 aliphatic carbocycles. The van der Waals surface area contributed by atoms with Gasteiger partial charge in [0.25, 0.3) is 0 Å². The van der Waals surface area contributed by atoms with Crippen molar-refractivity contribution in [1.82, 2.24) is 0 Å². The highest BCUT2D eigenvalue weighted by Crippen LogP contribution is 2.67. The quantitative estimate of drug-likeness (QED) is 0.771. The third-order valence-electron chi connectivity index (χ3n) is 3.86. The zero-order valence-electron chi connectivity index (χ0n) is 7.76. The number of aliphatic carboxylic acids is 1. The van der Waals surface area contributed by atoms with Gasteiger partial charge in [-0.3, -0.25) is 4.79 Å². The zero-order chi connectivity index (χ0) is 9.71. The SMILES string of the molecule is O=C(O)C1C2CC1C2c1ccccc1. The highest BCUT2D eigenvalue weighted by atomic mass is 16.4. The number of carboxylic acid groups (broad SMARTS) is 1. The second-order valence-corrected chi connectivity index (χ2v) is 4.36. The monoisotopic (exact) mass is 188 g/mol. The fraction of sp³-hybridized carbons (Fsp3) is 0.417. The van der Waals surface area contributed by atoms with E-state index in [1.165, 1.54) is 5.56 Å². The number of hydrogen-bond donors (Lipinski definition) is 1. The molecule has 2 nitrogen and oxygen atoms in total. The molecule has 14 heavy (non-hydrogen) atoms. The molecule has 2 unspecified atom stereocenters. The fourth-order valence-electron chi connectivity index (χ4n) is 2.98. The van der Waals surface area contributed by atoms with Crippen molar-refractivity contribution in [3.05, 3.63) is 35.9 Å². The van der Waals surface area contributed by atoms with Gasteiger partial charge in [0.2, 0.25) is 0 Å². The average Bonchev–Trinajstić information content (AvgIpc) is 1.99. The minimum atomic E-state index is -0.599. The minimum absolute atomic E-state index is 0.0415. The van der Waals surface area contributed by atoms with Crippen LogP contribution in [0.15, 0.2) is 30.3 Å². The molecule has 3 fully saturated rings.